The van der Waals surface area contributed by atoms with Crippen LogP contribution in [0.4, 0.5) is 14.6 Å². The second-order valence-corrected chi connectivity index (χ2v) is 8.53. The molecule has 4 heterocycles. The number of benzene rings is 2. The van der Waals surface area contributed by atoms with Crippen molar-refractivity contribution in [2.24, 2.45) is 0 Å². The summed E-state index contributed by atoms with van der Waals surface area (Å²) in [5.74, 6) is -1.32. The molecule has 0 radical (unpaired) electrons. The number of rotatable bonds is 4. The molecule has 2 aromatic carbocycles. The Labute approximate surface area is 207 Å². The topological polar surface area (TPSA) is 140 Å². The van der Waals surface area contributed by atoms with Gasteiger partial charge in [-0.05, 0) is 42.8 Å². The van der Waals surface area contributed by atoms with Gasteiger partial charge >= 0.3 is 0 Å². The number of phenols is 2. The maximum Gasteiger partial charge on any atom is 0.171 e. The predicted octanol–water partition coefficient (Wildman–Crippen LogP) is 3.83. The maximum atomic E-state index is 14.1. The van der Waals surface area contributed by atoms with Crippen molar-refractivity contribution in [2.45, 2.75) is 13.5 Å². The lowest BCUT2D eigenvalue weighted by Gasteiger charge is -2.10. The van der Waals surface area contributed by atoms with Crippen molar-refractivity contribution in [3.05, 3.63) is 78.0 Å². The summed E-state index contributed by atoms with van der Waals surface area (Å²) in [4.78, 5) is 13.0. The van der Waals surface area contributed by atoms with Crippen LogP contribution in [-0.4, -0.2) is 44.6 Å². The van der Waals surface area contributed by atoms with E-state index >= 15 is 0 Å². The van der Waals surface area contributed by atoms with Crippen LogP contribution in [0.15, 0.2) is 55.0 Å². The summed E-state index contributed by atoms with van der Waals surface area (Å²) >= 11 is 0. The Morgan fingerprint density at radius 3 is 2.24 bits per heavy atom. The van der Waals surface area contributed by atoms with Crippen molar-refractivity contribution in [3.8, 4) is 34.0 Å². The van der Waals surface area contributed by atoms with Gasteiger partial charge in [-0.15, -0.1) is 0 Å². The number of phenolic OH excluding ortho intramolecular Hbond substituents is 2. The Morgan fingerprint density at radius 1 is 0.892 bits per heavy atom. The van der Waals surface area contributed by atoms with Crippen molar-refractivity contribution in [1.82, 2.24) is 34.3 Å². The Hall–Kier alpha value is -5.13. The van der Waals surface area contributed by atoms with Crippen molar-refractivity contribution >= 4 is 22.4 Å². The van der Waals surface area contributed by atoms with Gasteiger partial charge in [0.05, 0.1) is 16.6 Å². The first-order chi connectivity index (χ1) is 17.8. The molecular weight excluding hydrogens is 482 g/mol. The van der Waals surface area contributed by atoms with E-state index in [1.54, 1.807) is 10.7 Å². The zero-order valence-corrected chi connectivity index (χ0v) is 19.3. The van der Waals surface area contributed by atoms with Crippen LogP contribution in [0.25, 0.3) is 39.1 Å². The van der Waals surface area contributed by atoms with Crippen LogP contribution in [0.1, 0.15) is 11.4 Å². The molecule has 12 heteroatoms. The van der Waals surface area contributed by atoms with Gasteiger partial charge in [-0.1, -0.05) is 0 Å². The molecule has 0 saturated carbocycles. The number of nitrogens with two attached hydrogens (primary N) is 1. The van der Waals surface area contributed by atoms with E-state index in [9.17, 15) is 19.0 Å². The standard InChI is InChI=1S/C25H18F2N8O2/c1-12-2-3-34-23(12)22(14-5-16(27)9-18(37)7-14)31-19(32-34)10-35-25-20(24(28)29-11-30-25)21(33-35)13-4-15(26)8-17(36)6-13/h2-9,11,36-37H,10H2,1H3,(H2,28,29,30). The number of nitrogen functional groups attached to an aromatic ring is 1. The molecule has 6 aromatic rings. The SMILES string of the molecule is Cc1ccn2nc(Cn3nc(-c4cc(O)cc(F)c4)c4c(N)ncnc43)nc(-c3cc(O)cc(F)c3)c12. The minimum absolute atomic E-state index is 0.0235. The fraction of sp³-hybridized carbons (Fsp3) is 0.0800. The van der Waals surface area contributed by atoms with Crippen LogP contribution in [-0.2, 0) is 6.54 Å². The first-order valence-electron chi connectivity index (χ1n) is 11.1. The minimum atomic E-state index is -0.645. The van der Waals surface area contributed by atoms with E-state index in [-0.39, 0.29) is 35.1 Å². The fourth-order valence-corrected chi connectivity index (χ4v) is 4.39. The summed E-state index contributed by atoms with van der Waals surface area (Å²) in [5, 5.41) is 29.4. The van der Waals surface area contributed by atoms with Crippen LogP contribution in [0, 0.1) is 18.6 Å². The zero-order valence-electron chi connectivity index (χ0n) is 19.3. The van der Waals surface area contributed by atoms with Crippen molar-refractivity contribution in [3.63, 3.8) is 0 Å². The molecule has 37 heavy (non-hydrogen) atoms. The van der Waals surface area contributed by atoms with E-state index in [1.165, 1.54) is 35.3 Å². The average Bonchev–Trinajstić information content (AvgIpc) is 3.39. The molecule has 4 aromatic heterocycles. The third-order valence-electron chi connectivity index (χ3n) is 5.92. The molecule has 0 aliphatic rings. The van der Waals surface area contributed by atoms with Crippen molar-refractivity contribution in [1.29, 1.82) is 0 Å². The summed E-state index contributed by atoms with van der Waals surface area (Å²) in [6, 6.07) is 9.13. The second kappa shape index (κ2) is 8.22. The third kappa shape index (κ3) is 3.84. The van der Waals surface area contributed by atoms with Gasteiger partial charge in [0.25, 0.3) is 0 Å². The van der Waals surface area contributed by atoms with E-state index in [0.29, 0.717) is 33.6 Å². The Balaban J connectivity index is 1.53. The number of fused-ring (bicyclic) bond motifs is 2. The quantitative estimate of drug-likeness (QED) is 0.332. The Kier molecular flexibility index (Phi) is 4.97. The van der Waals surface area contributed by atoms with Gasteiger partial charge in [-0.3, -0.25) is 0 Å². The highest BCUT2D eigenvalue weighted by Crippen LogP contribution is 2.33. The highest BCUT2D eigenvalue weighted by molar-refractivity contribution is 5.98. The maximum absolute atomic E-state index is 14.1. The minimum Gasteiger partial charge on any atom is -0.508 e. The van der Waals surface area contributed by atoms with Crippen molar-refractivity contribution < 1.29 is 19.0 Å². The predicted molar refractivity (Wildman–Crippen MR) is 131 cm³/mol. The lowest BCUT2D eigenvalue weighted by Crippen LogP contribution is -2.11. The van der Waals surface area contributed by atoms with Gasteiger partial charge in [0.1, 0.15) is 47.5 Å². The molecule has 0 unspecified atom stereocenters. The van der Waals surface area contributed by atoms with Crippen molar-refractivity contribution in [2.75, 3.05) is 5.73 Å². The Bertz CT molecular complexity index is 1810. The Morgan fingerprint density at radius 2 is 1.57 bits per heavy atom. The second-order valence-electron chi connectivity index (χ2n) is 8.53. The molecule has 184 valence electrons. The molecule has 0 atom stereocenters. The molecule has 6 rings (SSSR count). The number of aryl methyl sites for hydroxylation is 1. The van der Waals surface area contributed by atoms with E-state index in [0.717, 1.165) is 17.7 Å². The molecule has 0 saturated heterocycles. The molecule has 0 spiro atoms. The molecule has 0 amide bonds. The summed E-state index contributed by atoms with van der Waals surface area (Å²) in [6.45, 7) is 1.90. The number of anilines is 1. The number of nitrogens with zero attached hydrogens (tertiary/aromatic N) is 7. The summed E-state index contributed by atoms with van der Waals surface area (Å²) in [6.07, 6.45) is 3.03. The van der Waals surface area contributed by atoms with Crippen LogP contribution in [0.3, 0.4) is 0 Å². The van der Waals surface area contributed by atoms with Crippen LogP contribution in [0.5, 0.6) is 11.5 Å². The summed E-state index contributed by atoms with van der Waals surface area (Å²) in [5.41, 5.74) is 9.35. The van der Waals surface area contributed by atoms with Gasteiger partial charge in [-0.25, -0.2) is 32.9 Å². The first kappa shape index (κ1) is 22.3. The lowest BCUT2D eigenvalue weighted by atomic mass is 10.1. The number of hydrogen-bond acceptors (Lipinski definition) is 8. The summed E-state index contributed by atoms with van der Waals surface area (Å²) in [7, 11) is 0. The highest BCUT2D eigenvalue weighted by Gasteiger charge is 2.20. The monoisotopic (exact) mass is 500 g/mol. The molecule has 10 nitrogen and oxygen atoms in total. The largest absolute Gasteiger partial charge is 0.508 e. The van der Waals surface area contributed by atoms with Gasteiger partial charge in [0.2, 0.25) is 0 Å². The smallest absolute Gasteiger partial charge is 0.171 e. The lowest BCUT2D eigenvalue weighted by molar-refractivity contribution is 0.468. The summed E-state index contributed by atoms with van der Waals surface area (Å²) < 4.78 is 31.3. The molecule has 0 aliphatic carbocycles. The van der Waals surface area contributed by atoms with Crippen LogP contribution < -0.4 is 5.73 Å². The van der Waals surface area contributed by atoms with Gasteiger partial charge in [0.15, 0.2) is 11.5 Å². The fourth-order valence-electron chi connectivity index (χ4n) is 4.39. The molecule has 0 aliphatic heterocycles. The van der Waals surface area contributed by atoms with E-state index in [1.807, 2.05) is 13.0 Å². The molecule has 4 N–H and O–H groups in total. The first-order valence-corrected chi connectivity index (χ1v) is 11.1. The van der Waals surface area contributed by atoms with Gasteiger partial charge in [0, 0.05) is 29.5 Å². The van der Waals surface area contributed by atoms with E-state index in [2.05, 4.69) is 25.1 Å². The third-order valence-corrected chi connectivity index (χ3v) is 5.92. The van der Waals surface area contributed by atoms with E-state index in [4.69, 9.17) is 5.73 Å². The molecular formula is C25H18F2N8O2. The van der Waals surface area contributed by atoms with E-state index < -0.39 is 11.6 Å². The molecule has 0 fully saturated rings. The van der Waals surface area contributed by atoms with Gasteiger partial charge in [-0.2, -0.15) is 10.2 Å². The van der Waals surface area contributed by atoms with Crippen LogP contribution in [0.2, 0.25) is 0 Å². The number of hydrogen-bond donors (Lipinski definition) is 3. The number of aromatic hydroxyl groups is 2. The van der Waals surface area contributed by atoms with Gasteiger partial charge < -0.3 is 15.9 Å². The normalized spacial score (nSPS) is 11.5. The number of halogens is 2. The average molecular weight is 500 g/mol. The highest BCUT2D eigenvalue weighted by atomic mass is 19.1. The molecule has 0 bridgehead atoms. The zero-order chi connectivity index (χ0) is 25.8. The number of aromatic nitrogens is 7. The van der Waals surface area contributed by atoms with Crippen LogP contribution >= 0.6 is 0 Å².